The van der Waals surface area contributed by atoms with Crippen molar-refractivity contribution in [2.24, 2.45) is 0 Å². The van der Waals surface area contributed by atoms with Crippen molar-refractivity contribution < 1.29 is 9.53 Å². The summed E-state index contributed by atoms with van der Waals surface area (Å²) >= 11 is 2.96. The standard InChI is InChI=1S/C24H24N4O2S2/c1-4-30-19-11-9-18(10-12-19)28-23(21-6-5-13-31-21)26-27-24(28)32-15-22(29)25-20-14-16(2)7-8-17(20)3/h5-14H,4,15H2,1-3H3,(H,25,29). The van der Waals surface area contributed by atoms with Crippen LogP contribution in [0.4, 0.5) is 5.69 Å². The van der Waals surface area contributed by atoms with Gasteiger partial charge in [-0.25, -0.2) is 0 Å². The number of thiophene rings is 1. The Bertz CT molecular complexity index is 1200. The van der Waals surface area contributed by atoms with Crippen LogP contribution in [0.25, 0.3) is 16.4 Å². The number of ether oxygens (including phenoxy) is 1. The molecule has 0 radical (unpaired) electrons. The zero-order valence-corrected chi connectivity index (χ0v) is 19.8. The van der Waals surface area contributed by atoms with E-state index in [1.165, 1.54) is 11.8 Å². The van der Waals surface area contributed by atoms with Crippen molar-refractivity contribution in [1.29, 1.82) is 0 Å². The first-order valence-electron chi connectivity index (χ1n) is 10.3. The van der Waals surface area contributed by atoms with Gasteiger partial charge < -0.3 is 10.1 Å². The average molecular weight is 465 g/mol. The van der Waals surface area contributed by atoms with Crippen molar-refractivity contribution >= 4 is 34.7 Å². The summed E-state index contributed by atoms with van der Waals surface area (Å²) in [4.78, 5) is 13.7. The van der Waals surface area contributed by atoms with Crippen LogP contribution in [-0.4, -0.2) is 33.0 Å². The molecule has 0 bridgehead atoms. The Labute approximate surface area is 195 Å². The van der Waals surface area contributed by atoms with Gasteiger partial charge in [0.05, 0.1) is 22.9 Å². The molecule has 2 aromatic heterocycles. The summed E-state index contributed by atoms with van der Waals surface area (Å²) in [5, 5.41) is 14.5. The lowest BCUT2D eigenvalue weighted by Crippen LogP contribution is -2.15. The van der Waals surface area contributed by atoms with E-state index < -0.39 is 0 Å². The van der Waals surface area contributed by atoms with Crippen LogP contribution in [0.1, 0.15) is 18.1 Å². The minimum atomic E-state index is -0.0809. The maximum absolute atomic E-state index is 12.6. The summed E-state index contributed by atoms with van der Waals surface area (Å²) in [6.45, 7) is 6.57. The second-order valence-electron chi connectivity index (χ2n) is 7.20. The Balaban J connectivity index is 1.57. The van der Waals surface area contributed by atoms with Crippen LogP contribution in [0.5, 0.6) is 5.75 Å². The minimum absolute atomic E-state index is 0.0809. The highest BCUT2D eigenvalue weighted by Gasteiger charge is 2.18. The summed E-state index contributed by atoms with van der Waals surface area (Å²) in [5.41, 5.74) is 3.89. The van der Waals surface area contributed by atoms with E-state index >= 15 is 0 Å². The van der Waals surface area contributed by atoms with Crippen LogP contribution < -0.4 is 10.1 Å². The quantitative estimate of drug-likeness (QED) is 0.337. The molecule has 1 amide bonds. The van der Waals surface area contributed by atoms with Gasteiger partial charge >= 0.3 is 0 Å². The molecule has 4 rings (SSSR count). The fourth-order valence-electron chi connectivity index (χ4n) is 3.21. The summed E-state index contributed by atoms with van der Waals surface area (Å²) < 4.78 is 7.55. The van der Waals surface area contributed by atoms with E-state index in [0.717, 1.165) is 39.0 Å². The van der Waals surface area contributed by atoms with Crippen molar-refractivity contribution in [3.05, 3.63) is 71.1 Å². The van der Waals surface area contributed by atoms with E-state index in [0.29, 0.717) is 11.8 Å². The first-order chi connectivity index (χ1) is 15.5. The maximum Gasteiger partial charge on any atom is 0.234 e. The average Bonchev–Trinajstić information content (AvgIpc) is 3.45. The first-order valence-corrected chi connectivity index (χ1v) is 12.1. The summed E-state index contributed by atoms with van der Waals surface area (Å²) in [6.07, 6.45) is 0. The van der Waals surface area contributed by atoms with Crippen molar-refractivity contribution in [2.45, 2.75) is 25.9 Å². The van der Waals surface area contributed by atoms with Gasteiger partial charge in [0.25, 0.3) is 0 Å². The Morgan fingerprint density at radius 1 is 1.12 bits per heavy atom. The van der Waals surface area contributed by atoms with Gasteiger partial charge in [-0.05, 0) is 73.7 Å². The van der Waals surface area contributed by atoms with Crippen molar-refractivity contribution in [3.63, 3.8) is 0 Å². The topological polar surface area (TPSA) is 69.0 Å². The monoisotopic (exact) mass is 464 g/mol. The first kappa shape index (κ1) is 22.1. The molecule has 2 heterocycles. The number of amides is 1. The number of aromatic nitrogens is 3. The number of carbonyl (C=O) groups is 1. The SMILES string of the molecule is CCOc1ccc(-n2c(SCC(=O)Nc3cc(C)ccc3C)nnc2-c2cccs2)cc1. The van der Waals surface area contributed by atoms with Crippen LogP contribution >= 0.6 is 23.1 Å². The molecule has 1 N–H and O–H groups in total. The molecule has 0 saturated carbocycles. The fraction of sp³-hybridized carbons (Fsp3) is 0.208. The zero-order chi connectivity index (χ0) is 22.5. The van der Waals surface area contributed by atoms with Gasteiger partial charge in [0.15, 0.2) is 11.0 Å². The van der Waals surface area contributed by atoms with Gasteiger partial charge in [0.1, 0.15) is 5.75 Å². The van der Waals surface area contributed by atoms with E-state index in [9.17, 15) is 4.79 Å². The van der Waals surface area contributed by atoms with Crippen LogP contribution in [0.15, 0.2) is 65.1 Å². The summed E-state index contributed by atoms with van der Waals surface area (Å²) in [6, 6.07) is 17.8. The van der Waals surface area contributed by atoms with Crippen molar-refractivity contribution in [2.75, 3.05) is 17.7 Å². The second kappa shape index (κ2) is 10.0. The van der Waals surface area contributed by atoms with Crippen LogP contribution in [-0.2, 0) is 4.79 Å². The maximum atomic E-state index is 12.6. The molecule has 0 saturated heterocycles. The molecule has 0 aliphatic heterocycles. The molecule has 164 valence electrons. The molecule has 0 atom stereocenters. The second-order valence-corrected chi connectivity index (χ2v) is 9.09. The number of anilines is 1. The summed E-state index contributed by atoms with van der Waals surface area (Å²) in [5.74, 6) is 1.71. The van der Waals surface area contributed by atoms with Crippen LogP contribution in [0.2, 0.25) is 0 Å². The molecular formula is C24H24N4O2S2. The van der Waals surface area contributed by atoms with Gasteiger partial charge in [-0.15, -0.1) is 21.5 Å². The number of hydrogen-bond acceptors (Lipinski definition) is 6. The fourth-order valence-corrected chi connectivity index (χ4v) is 4.66. The smallest absolute Gasteiger partial charge is 0.234 e. The lowest BCUT2D eigenvalue weighted by atomic mass is 10.1. The van der Waals surface area contributed by atoms with Gasteiger partial charge in [-0.2, -0.15) is 0 Å². The van der Waals surface area contributed by atoms with Crippen molar-refractivity contribution in [3.8, 4) is 22.1 Å². The van der Waals surface area contributed by atoms with Crippen molar-refractivity contribution in [1.82, 2.24) is 14.8 Å². The van der Waals surface area contributed by atoms with Gasteiger partial charge in [-0.1, -0.05) is 30.0 Å². The number of nitrogens with zero attached hydrogens (tertiary/aromatic N) is 3. The van der Waals surface area contributed by atoms with Gasteiger partial charge in [0.2, 0.25) is 5.91 Å². The molecular weight excluding hydrogens is 440 g/mol. The molecule has 32 heavy (non-hydrogen) atoms. The van der Waals surface area contributed by atoms with E-state index in [1.54, 1.807) is 11.3 Å². The molecule has 8 heteroatoms. The third kappa shape index (κ3) is 5.03. The Morgan fingerprint density at radius 3 is 2.66 bits per heavy atom. The molecule has 0 spiro atoms. The predicted molar refractivity (Wildman–Crippen MR) is 131 cm³/mol. The number of thioether (sulfide) groups is 1. The molecule has 0 unspecified atom stereocenters. The van der Waals surface area contributed by atoms with E-state index in [-0.39, 0.29) is 11.7 Å². The van der Waals surface area contributed by atoms with Gasteiger partial charge in [-0.3, -0.25) is 9.36 Å². The number of benzene rings is 2. The number of rotatable bonds is 8. The largest absolute Gasteiger partial charge is 0.494 e. The number of hydrogen-bond donors (Lipinski definition) is 1. The van der Waals surface area contributed by atoms with Gasteiger partial charge in [0, 0.05) is 5.69 Å². The molecule has 4 aromatic rings. The Morgan fingerprint density at radius 2 is 1.94 bits per heavy atom. The number of carbonyl (C=O) groups excluding carboxylic acids is 1. The Hall–Kier alpha value is -3.10. The third-order valence-electron chi connectivity index (χ3n) is 4.78. The molecule has 0 aliphatic rings. The molecule has 6 nitrogen and oxygen atoms in total. The highest BCUT2D eigenvalue weighted by molar-refractivity contribution is 7.99. The van der Waals surface area contributed by atoms with Crippen LogP contribution in [0, 0.1) is 13.8 Å². The Kier molecular flexibility index (Phi) is 6.92. The molecule has 0 aliphatic carbocycles. The summed E-state index contributed by atoms with van der Waals surface area (Å²) in [7, 11) is 0. The highest BCUT2D eigenvalue weighted by Crippen LogP contribution is 2.31. The number of nitrogens with one attached hydrogen (secondary N) is 1. The van der Waals surface area contributed by atoms with E-state index in [4.69, 9.17) is 4.74 Å². The normalized spacial score (nSPS) is 10.8. The number of aryl methyl sites for hydroxylation is 2. The third-order valence-corrected chi connectivity index (χ3v) is 6.58. The molecule has 0 fully saturated rings. The van der Waals surface area contributed by atoms with E-state index in [2.05, 4.69) is 15.5 Å². The predicted octanol–water partition coefficient (Wildman–Crippen LogP) is 5.74. The lowest BCUT2D eigenvalue weighted by Gasteiger charge is -2.11. The van der Waals surface area contributed by atoms with Crippen LogP contribution in [0.3, 0.4) is 0 Å². The molecule has 2 aromatic carbocycles. The lowest BCUT2D eigenvalue weighted by molar-refractivity contribution is -0.113. The minimum Gasteiger partial charge on any atom is -0.494 e. The van der Waals surface area contributed by atoms with E-state index in [1.807, 2.05) is 85.3 Å². The highest BCUT2D eigenvalue weighted by atomic mass is 32.2. The zero-order valence-electron chi connectivity index (χ0n) is 18.2.